The van der Waals surface area contributed by atoms with Gasteiger partial charge in [0.2, 0.25) is 0 Å². The van der Waals surface area contributed by atoms with E-state index in [0.29, 0.717) is 32.2 Å². The van der Waals surface area contributed by atoms with E-state index in [9.17, 15) is 9.59 Å². The maximum absolute atomic E-state index is 14.1. The van der Waals surface area contributed by atoms with Crippen molar-refractivity contribution in [3.8, 4) is 0 Å². The SMILES string of the molecule is CCN1C(=c2sc(=C3C(=O)N(c4ccccc4)C(=S)N3c3ccccc3)n(CC)c2=O)Sc2ccccc21. The standard InChI is InChI=1S/C29H24N4O2S3/c1-3-30-21-17-11-12-18-22(21)37-28(30)24-26(35)31(4-2)27(38-24)23-25(34)33(20-15-9-6-10-16-20)29(36)32(23)19-13-7-5-8-14-19/h5-18H,3-4H2,1-2H3. The zero-order chi connectivity index (χ0) is 26.4. The highest BCUT2D eigenvalue weighted by atomic mass is 32.2. The number of fused-ring (bicyclic) bond motifs is 1. The molecule has 0 bridgehead atoms. The van der Waals surface area contributed by atoms with Gasteiger partial charge in [-0.1, -0.05) is 60.3 Å². The Morgan fingerprint density at radius 3 is 2.00 bits per heavy atom. The van der Waals surface area contributed by atoms with Crippen LogP contribution in [0, 0.1) is 0 Å². The van der Waals surface area contributed by atoms with Gasteiger partial charge in [-0.05, 0) is 62.5 Å². The molecule has 0 N–H and O–H groups in total. The fourth-order valence-electron chi connectivity index (χ4n) is 4.82. The van der Waals surface area contributed by atoms with Crippen LogP contribution in [0.2, 0.25) is 0 Å². The summed E-state index contributed by atoms with van der Waals surface area (Å²) < 4.78 is 2.93. The smallest absolute Gasteiger partial charge is 0.284 e. The van der Waals surface area contributed by atoms with Gasteiger partial charge in [0, 0.05) is 23.7 Å². The normalized spacial score (nSPS) is 18.0. The summed E-state index contributed by atoms with van der Waals surface area (Å²) in [5.41, 5.74) is 2.85. The lowest BCUT2D eigenvalue weighted by molar-refractivity contribution is -0.112. The second-order valence-corrected chi connectivity index (χ2v) is 11.1. The second-order valence-electron chi connectivity index (χ2n) is 8.68. The highest BCUT2D eigenvalue weighted by molar-refractivity contribution is 8.08. The zero-order valence-corrected chi connectivity index (χ0v) is 23.3. The van der Waals surface area contributed by atoms with Crippen LogP contribution in [0.25, 0.3) is 10.7 Å². The molecule has 6 nitrogen and oxygen atoms in total. The first-order chi connectivity index (χ1) is 18.5. The van der Waals surface area contributed by atoms with Crippen LogP contribution in [0.1, 0.15) is 13.8 Å². The van der Waals surface area contributed by atoms with Crippen molar-refractivity contribution in [2.24, 2.45) is 0 Å². The fourth-order valence-corrected chi connectivity index (χ4v) is 7.80. The van der Waals surface area contributed by atoms with Crippen LogP contribution >= 0.6 is 35.3 Å². The van der Waals surface area contributed by atoms with E-state index in [1.165, 1.54) is 11.3 Å². The Morgan fingerprint density at radius 2 is 1.37 bits per heavy atom. The second kappa shape index (κ2) is 9.90. The monoisotopic (exact) mass is 556 g/mol. The summed E-state index contributed by atoms with van der Waals surface area (Å²) in [6.45, 7) is 5.17. The summed E-state index contributed by atoms with van der Waals surface area (Å²) >= 11 is 8.87. The van der Waals surface area contributed by atoms with Crippen molar-refractivity contribution >= 4 is 74.1 Å². The Labute approximate surface area is 233 Å². The molecule has 1 saturated heterocycles. The van der Waals surface area contributed by atoms with Crippen molar-refractivity contribution in [2.45, 2.75) is 25.3 Å². The van der Waals surface area contributed by atoms with E-state index in [0.717, 1.165) is 27.8 Å². The Hall–Kier alpha value is -3.66. The van der Waals surface area contributed by atoms with E-state index in [4.69, 9.17) is 12.2 Å². The number of hydrogen-bond donors (Lipinski definition) is 0. The fraction of sp³-hybridized carbons (Fsp3) is 0.138. The van der Waals surface area contributed by atoms with Crippen molar-refractivity contribution in [2.75, 3.05) is 21.2 Å². The summed E-state index contributed by atoms with van der Waals surface area (Å²) in [6.07, 6.45) is 0. The van der Waals surface area contributed by atoms with Crippen molar-refractivity contribution < 1.29 is 4.79 Å². The van der Waals surface area contributed by atoms with E-state index in [1.54, 1.807) is 26.1 Å². The first kappa shape index (κ1) is 24.7. The van der Waals surface area contributed by atoms with Crippen LogP contribution in [0.4, 0.5) is 17.1 Å². The van der Waals surface area contributed by atoms with Crippen molar-refractivity contribution in [1.29, 1.82) is 0 Å². The molecule has 0 spiro atoms. The summed E-state index contributed by atoms with van der Waals surface area (Å²) in [6, 6.07) is 27.2. The minimum Gasteiger partial charge on any atom is -0.334 e. The van der Waals surface area contributed by atoms with Crippen molar-refractivity contribution in [3.05, 3.63) is 104 Å². The van der Waals surface area contributed by atoms with E-state index in [2.05, 4.69) is 24.0 Å². The molecule has 0 atom stereocenters. The third-order valence-corrected chi connectivity index (χ3v) is 9.42. The summed E-state index contributed by atoms with van der Waals surface area (Å²) in [5, 5.41) is 1.26. The third-order valence-electron chi connectivity index (χ3n) is 6.56. The summed E-state index contributed by atoms with van der Waals surface area (Å²) in [4.78, 5) is 34.7. The Balaban J connectivity index is 1.66. The van der Waals surface area contributed by atoms with Gasteiger partial charge in [-0.3, -0.25) is 24.0 Å². The minimum absolute atomic E-state index is 0.0985. The number of anilines is 3. The van der Waals surface area contributed by atoms with Gasteiger partial charge in [-0.15, -0.1) is 11.3 Å². The average Bonchev–Trinajstić information content (AvgIpc) is 3.57. The molecule has 1 aromatic heterocycles. The van der Waals surface area contributed by atoms with Gasteiger partial charge in [0.05, 0.1) is 11.4 Å². The number of thiocarbonyl (C=S) groups is 1. The molecule has 190 valence electrons. The highest BCUT2D eigenvalue weighted by Crippen LogP contribution is 2.45. The highest BCUT2D eigenvalue weighted by Gasteiger charge is 2.41. The van der Waals surface area contributed by atoms with Gasteiger partial charge in [0.25, 0.3) is 11.5 Å². The molecule has 3 aromatic carbocycles. The summed E-state index contributed by atoms with van der Waals surface area (Å²) in [5.74, 6) is -0.250. The Morgan fingerprint density at radius 1 is 0.763 bits per heavy atom. The van der Waals surface area contributed by atoms with Crippen molar-refractivity contribution in [1.82, 2.24) is 4.57 Å². The van der Waals surface area contributed by atoms with E-state index >= 15 is 0 Å². The number of benzene rings is 3. The number of para-hydroxylation sites is 3. The van der Waals surface area contributed by atoms with Crippen LogP contribution in [0.5, 0.6) is 0 Å². The van der Waals surface area contributed by atoms with Gasteiger partial charge in [-0.2, -0.15) is 0 Å². The van der Waals surface area contributed by atoms with Gasteiger partial charge >= 0.3 is 0 Å². The molecule has 0 unspecified atom stereocenters. The molecular formula is C29H24N4O2S3. The lowest BCUT2D eigenvalue weighted by atomic mass is 10.3. The van der Waals surface area contributed by atoms with Gasteiger partial charge in [-0.25, -0.2) is 0 Å². The zero-order valence-electron chi connectivity index (χ0n) is 20.8. The number of hydrogen-bond acceptors (Lipinski definition) is 6. The predicted molar refractivity (Wildman–Crippen MR) is 161 cm³/mol. The lowest BCUT2D eigenvalue weighted by Gasteiger charge is -2.20. The molecule has 2 aliphatic rings. The van der Waals surface area contributed by atoms with Crippen LogP contribution in [-0.2, 0) is 11.3 Å². The molecule has 3 heterocycles. The van der Waals surface area contributed by atoms with Crippen LogP contribution in [-0.4, -0.2) is 22.1 Å². The number of thiazole rings is 1. The molecule has 0 aliphatic carbocycles. The molecule has 6 rings (SSSR count). The summed E-state index contributed by atoms with van der Waals surface area (Å²) in [7, 11) is 0. The molecule has 38 heavy (non-hydrogen) atoms. The molecule has 4 aromatic rings. The van der Waals surface area contributed by atoms with Gasteiger partial charge in [0.1, 0.15) is 19.9 Å². The topological polar surface area (TPSA) is 48.8 Å². The van der Waals surface area contributed by atoms with Crippen LogP contribution in [0.15, 0.2) is 94.6 Å². The number of rotatable bonds is 4. The van der Waals surface area contributed by atoms with Crippen LogP contribution in [0.3, 0.4) is 0 Å². The molecule has 0 saturated carbocycles. The van der Waals surface area contributed by atoms with Crippen LogP contribution < -0.4 is 29.5 Å². The van der Waals surface area contributed by atoms with Crippen molar-refractivity contribution in [3.63, 3.8) is 0 Å². The lowest BCUT2D eigenvalue weighted by Crippen LogP contribution is -2.36. The van der Waals surface area contributed by atoms with E-state index in [-0.39, 0.29) is 11.5 Å². The molecule has 1 amide bonds. The largest absolute Gasteiger partial charge is 0.334 e. The molecule has 1 fully saturated rings. The Kier molecular flexibility index (Phi) is 6.43. The first-order valence-corrected chi connectivity index (χ1v) is 14.4. The molecule has 0 radical (unpaired) electrons. The minimum atomic E-state index is -0.250. The predicted octanol–water partition coefficient (Wildman–Crippen LogP) is 4.57. The number of carbonyl (C=O) groups is 1. The van der Waals surface area contributed by atoms with E-state index < -0.39 is 0 Å². The number of carbonyl (C=O) groups excluding carboxylic acids is 1. The Bertz CT molecular complexity index is 1750. The number of amides is 1. The molecule has 2 aliphatic heterocycles. The van der Waals surface area contributed by atoms with E-state index in [1.807, 2.05) is 79.7 Å². The van der Waals surface area contributed by atoms with Gasteiger partial charge in [0.15, 0.2) is 5.11 Å². The average molecular weight is 557 g/mol. The first-order valence-electron chi connectivity index (χ1n) is 12.4. The molecule has 9 heteroatoms. The number of thioether (sulfide) groups is 1. The number of aromatic nitrogens is 1. The number of nitrogens with zero attached hydrogens (tertiary/aromatic N) is 4. The molecular weight excluding hydrogens is 533 g/mol. The quantitative estimate of drug-likeness (QED) is 0.343. The maximum Gasteiger partial charge on any atom is 0.284 e. The maximum atomic E-state index is 14.1. The third kappa shape index (κ3) is 3.81. The van der Waals surface area contributed by atoms with Gasteiger partial charge < -0.3 is 4.90 Å².